The van der Waals surface area contributed by atoms with E-state index in [-0.39, 0.29) is 4.90 Å². The van der Waals surface area contributed by atoms with Crippen LogP contribution in [0.2, 0.25) is 0 Å². The quantitative estimate of drug-likeness (QED) is 0.819. The van der Waals surface area contributed by atoms with Crippen LogP contribution in [0.3, 0.4) is 0 Å². The van der Waals surface area contributed by atoms with E-state index in [2.05, 4.69) is 4.72 Å². The molecule has 1 unspecified atom stereocenters. The normalized spacial score (nSPS) is 19.1. The molecular weight excluding hydrogens is 336 g/mol. The number of hydrogen-bond acceptors (Lipinski definition) is 4. The highest BCUT2D eigenvalue weighted by molar-refractivity contribution is 7.89. The van der Waals surface area contributed by atoms with Crippen molar-refractivity contribution in [2.75, 3.05) is 5.73 Å². The molecule has 2 aromatic rings. The van der Waals surface area contributed by atoms with Gasteiger partial charge in [0.1, 0.15) is 11.4 Å². The topological polar surface area (TPSA) is 81.4 Å². The molecule has 25 heavy (non-hydrogen) atoms. The van der Waals surface area contributed by atoms with E-state index in [4.69, 9.17) is 10.5 Å². The standard InChI is InChI=1S/C19H24N2O3S/c1-4-13-5-8-15(9-6-13)25(22,23)21-17-12-19(2,3)24-18-10-7-14(20)11-16(17)18/h5-11,17,21H,4,12,20H2,1-3H3. The van der Waals surface area contributed by atoms with Gasteiger partial charge in [-0.15, -0.1) is 0 Å². The minimum Gasteiger partial charge on any atom is -0.487 e. The Kier molecular flexibility index (Phi) is 4.51. The zero-order chi connectivity index (χ0) is 18.2. The van der Waals surface area contributed by atoms with E-state index < -0.39 is 21.7 Å². The molecular formula is C19H24N2O3S. The van der Waals surface area contributed by atoms with Crippen LogP contribution in [0.25, 0.3) is 0 Å². The average Bonchev–Trinajstić information content (AvgIpc) is 2.54. The maximum atomic E-state index is 12.8. The third-order valence-electron chi connectivity index (χ3n) is 4.43. The molecule has 0 radical (unpaired) electrons. The van der Waals surface area contributed by atoms with Gasteiger partial charge in [0, 0.05) is 17.7 Å². The number of nitrogens with two attached hydrogens (primary N) is 1. The maximum absolute atomic E-state index is 12.8. The molecule has 0 bridgehead atoms. The van der Waals surface area contributed by atoms with Crippen LogP contribution < -0.4 is 15.2 Å². The Balaban J connectivity index is 1.94. The van der Waals surface area contributed by atoms with Crippen LogP contribution in [-0.2, 0) is 16.4 Å². The Bertz CT molecular complexity index is 874. The van der Waals surface area contributed by atoms with Crippen molar-refractivity contribution < 1.29 is 13.2 Å². The summed E-state index contributed by atoms with van der Waals surface area (Å²) in [6, 6.07) is 11.9. The summed E-state index contributed by atoms with van der Waals surface area (Å²) >= 11 is 0. The molecule has 0 spiro atoms. The van der Waals surface area contributed by atoms with Gasteiger partial charge in [0.2, 0.25) is 10.0 Å². The van der Waals surface area contributed by atoms with Crippen molar-refractivity contribution in [1.29, 1.82) is 0 Å². The number of nitrogen functional groups attached to an aromatic ring is 1. The molecule has 1 aliphatic rings. The van der Waals surface area contributed by atoms with Gasteiger partial charge in [-0.05, 0) is 56.2 Å². The van der Waals surface area contributed by atoms with E-state index in [1.165, 1.54) is 0 Å². The van der Waals surface area contributed by atoms with Crippen LogP contribution in [0, 0.1) is 0 Å². The molecule has 3 N–H and O–H groups in total. The van der Waals surface area contributed by atoms with Crippen molar-refractivity contribution >= 4 is 15.7 Å². The third-order valence-corrected chi connectivity index (χ3v) is 5.92. The number of fused-ring (bicyclic) bond motifs is 1. The van der Waals surface area contributed by atoms with Crippen molar-refractivity contribution in [2.45, 2.75) is 50.2 Å². The number of nitrogens with one attached hydrogen (secondary N) is 1. The minimum atomic E-state index is -3.64. The molecule has 0 saturated heterocycles. The van der Waals surface area contributed by atoms with Gasteiger partial charge in [-0.3, -0.25) is 0 Å². The van der Waals surface area contributed by atoms with Crippen LogP contribution in [0.4, 0.5) is 5.69 Å². The molecule has 2 aromatic carbocycles. The first-order valence-corrected chi connectivity index (χ1v) is 9.88. The molecule has 3 rings (SSSR count). The van der Waals surface area contributed by atoms with E-state index in [0.29, 0.717) is 17.9 Å². The number of ether oxygens (including phenoxy) is 1. The van der Waals surface area contributed by atoms with Gasteiger partial charge >= 0.3 is 0 Å². The fourth-order valence-electron chi connectivity index (χ4n) is 3.14. The zero-order valence-corrected chi connectivity index (χ0v) is 15.6. The second kappa shape index (κ2) is 6.35. The molecule has 1 aliphatic heterocycles. The van der Waals surface area contributed by atoms with Gasteiger partial charge in [-0.1, -0.05) is 19.1 Å². The Labute approximate surface area is 149 Å². The summed E-state index contributed by atoms with van der Waals surface area (Å²) < 4.78 is 34.4. The van der Waals surface area contributed by atoms with Gasteiger partial charge in [-0.25, -0.2) is 13.1 Å². The second-order valence-electron chi connectivity index (χ2n) is 7.03. The van der Waals surface area contributed by atoms with Crippen LogP contribution in [0.1, 0.15) is 44.4 Å². The Hall–Kier alpha value is -2.05. The van der Waals surface area contributed by atoms with Crippen LogP contribution in [0.5, 0.6) is 5.75 Å². The summed E-state index contributed by atoms with van der Waals surface area (Å²) in [6.45, 7) is 5.93. The number of benzene rings is 2. The molecule has 0 saturated carbocycles. The average molecular weight is 360 g/mol. The van der Waals surface area contributed by atoms with Crippen LogP contribution >= 0.6 is 0 Å². The van der Waals surface area contributed by atoms with Crippen LogP contribution in [0.15, 0.2) is 47.4 Å². The summed E-state index contributed by atoms with van der Waals surface area (Å²) in [5, 5.41) is 0. The third kappa shape index (κ3) is 3.80. The van der Waals surface area contributed by atoms with E-state index in [1.807, 2.05) is 32.9 Å². The molecule has 6 heteroatoms. The van der Waals surface area contributed by atoms with E-state index in [1.54, 1.807) is 30.3 Å². The van der Waals surface area contributed by atoms with Crippen molar-refractivity contribution in [2.24, 2.45) is 0 Å². The van der Waals surface area contributed by atoms with Gasteiger partial charge in [0.25, 0.3) is 0 Å². The highest BCUT2D eigenvalue weighted by Crippen LogP contribution is 2.41. The first-order chi connectivity index (χ1) is 11.7. The van der Waals surface area contributed by atoms with Crippen molar-refractivity contribution in [3.8, 4) is 5.75 Å². The number of aryl methyl sites for hydroxylation is 1. The predicted molar refractivity (Wildman–Crippen MR) is 99.1 cm³/mol. The smallest absolute Gasteiger partial charge is 0.241 e. The van der Waals surface area contributed by atoms with Crippen molar-refractivity contribution in [3.05, 3.63) is 53.6 Å². The fraction of sp³-hybridized carbons (Fsp3) is 0.368. The molecule has 1 heterocycles. The summed E-state index contributed by atoms with van der Waals surface area (Å²) in [5.41, 5.74) is 7.87. The number of rotatable bonds is 4. The summed E-state index contributed by atoms with van der Waals surface area (Å²) in [7, 11) is -3.64. The molecule has 0 amide bonds. The van der Waals surface area contributed by atoms with E-state index in [0.717, 1.165) is 17.5 Å². The van der Waals surface area contributed by atoms with Crippen molar-refractivity contribution in [3.63, 3.8) is 0 Å². The molecule has 5 nitrogen and oxygen atoms in total. The SMILES string of the molecule is CCc1ccc(S(=O)(=O)NC2CC(C)(C)Oc3ccc(N)cc32)cc1. The lowest BCUT2D eigenvalue weighted by Gasteiger charge is -2.37. The molecule has 1 atom stereocenters. The first-order valence-electron chi connectivity index (χ1n) is 8.40. The van der Waals surface area contributed by atoms with Gasteiger partial charge < -0.3 is 10.5 Å². The Morgan fingerprint density at radius 3 is 2.52 bits per heavy atom. The molecule has 0 fully saturated rings. The first kappa shape index (κ1) is 17.8. The lowest BCUT2D eigenvalue weighted by atomic mass is 9.90. The van der Waals surface area contributed by atoms with Crippen LogP contribution in [-0.4, -0.2) is 14.0 Å². The highest BCUT2D eigenvalue weighted by Gasteiger charge is 2.36. The monoisotopic (exact) mass is 360 g/mol. The van der Waals surface area contributed by atoms with Gasteiger partial charge in [0.15, 0.2) is 0 Å². The van der Waals surface area contributed by atoms with Gasteiger partial charge in [-0.2, -0.15) is 0 Å². The minimum absolute atomic E-state index is 0.263. The highest BCUT2D eigenvalue weighted by atomic mass is 32.2. The summed E-state index contributed by atoms with van der Waals surface area (Å²) in [5.74, 6) is 0.666. The number of hydrogen-bond donors (Lipinski definition) is 2. The predicted octanol–water partition coefficient (Wildman–Crippen LogP) is 3.41. The lowest BCUT2D eigenvalue weighted by Crippen LogP contribution is -2.41. The number of anilines is 1. The molecule has 0 aromatic heterocycles. The van der Waals surface area contributed by atoms with E-state index in [9.17, 15) is 8.42 Å². The molecule has 134 valence electrons. The summed E-state index contributed by atoms with van der Waals surface area (Å²) in [6.07, 6.45) is 1.39. The fourth-order valence-corrected chi connectivity index (χ4v) is 4.35. The largest absolute Gasteiger partial charge is 0.487 e. The Morgan fingerprint density at radius 2 is 1.88 bits per heavy atom. The maximum Gasteiger partial charge on any atom is 0.241 e. The lowest BCUT2D eigenvalue weighted by molar-refractivity contribution is 0.0702. The molecule has 0 aliphatic carbocycles. The number of sulfonamides is 1. The zero-order valence-electron chi connectivity index (χ0n) is 14.7. The second-order valence-corrected chi connectivity index (χ2v) is 8.75. The van der Waals surface area contributed by atoms with Gasteiger partial charge in [0.05, 0.1) is 10.9 Å². The summed E-state index contributed by atoms with van der Waals surface area (Å²) in [4.78, 5) is 0.263. The van der Waals surface area contributed by atoms with Crippen molar-refractivity contribution in [1.82, 2.24) is 4.72 Å². The Morgan fingerprint density at radius 1 is 1.20 bits per heavy atom. The van der Waals surface area contributed by atoms with E-state index >= 15 is 0 Å².